The first-order valence-corrected chi connectivity index (χ1v) is 5.38. The molecule has 1 atom stereocenters. The van der Waals surface area contributed by atoms with Crippen molar-refractivity contribution in [3.05, 3.63) is 33.8 Å². The molecule has 1 rings (SSSR count). The Hall–Kier alpha value is -0.570. The molecule has 0 heterocycles. The van der Waals surface area contributed by atoms with Gasteiger partial charge in [0.15, 0.2) is 5.78 Å². The highest BCUT2D eigenvalue weighted by Crippen LogP contribution is 2.28. The van der Waals surface area contributed by atoms with Crippen LogP contribution in [-0.4, -0.2) is 12.4 Å². The molecule has 82 valence electrons. The van der Waals surface area contributed by atoms with Crippen molar-refractivity contribution in [2.24, 2.45) is 0 Å². The highest BCUT2D eigenvalue weighted by molar-refractivity contribution is 6.35. The van der Waals surface area contributed by atoms with E-state index in [-0.39, 0.29) is 5.78 Å². The molecule has 1 aromatic rings. The SMILES string of the molecule is CCOC(C(C)=O)c1ccc(Cl)cc1Cl. The van der Waals surface area contributed by atoms with Gasteiger partial charge in [0.05, 0.1) is 0 Å². The van der Waals surface area contributed by atoms with Crippen molar-refractivity contribution in [3.8, 4) is 0 Å². The number of carbonyl (C=O) groups excluding carboxylic acids is 1. The van der Waals surface area contributed by atoms with E-state index in [1.165, 1.54) is 6.92 Å². The van der Waals surface area contributed by atoms with Crippen LogP contribution in [0.15, 0.2) is 18.2 Å². The molecule has 15 heavy (non-hydrogen) atoms. The molecule has 0 aliphatic rings. The Balaban J connectivity index is 3.05. The number of Topliss-reactive ketones (excluding diaryl/α,β-unsaturated/α-hetero) is 1. The van der Waals surface area contributed by atoms with Gasteiger partial charge in [-0.2, -0.15) is 0 Å². The number of ketones is 1. The van der Waals surface area contributed by atoms with E-state index in [4.69, 9.17) is 27.9 Å². The van der Waals surface area contributed by atoms with Crippen molar-refractivity contribution in [1.82, 2.24) is 0 Å². The molecule has 0 aliphatic heterocycles. The summed E-state index contributed by atoms with van der Waals surface area (Å²) >= 11 is 11.8. The lowest BCUT2D eigenvalue weighted by Gasteiger charge is -2.15. The quantitative estimate of drug-likeness (QED) is 0.811. The largest absolute Gasteiger partial charge is 0.366 e. The summed E-state index contributed by atoms with van der Waals surface area (Å²) in [6.45, 7) is 3.77. The van der Waals surface area contributed by atoms with Crippen LogP contribution in [0, 0.1) is 0 Å². The van der Waals surface area contributed by atoms with E-state index in [0.29, 0.717) is 22.2 Å². The Kier molecular flexibility index (Phi) is 4.58. The molecular formula is C11H12Cl2O2. The maximum Gasteiger partial charge on any atom is 0.163 e. The summed E-state index contributed by atoms with van der Waals surface area (Å²) < 4.78 is 5.33. The molecule has 0 amide bonds. The molecular weight excluding hydrogens is 235 g/mol. The van der Waals surface area contributed by atoms with Gasteiger partial charge in [-0.25, -0.2) is 0 Å². The fourth-order valence-electron chi connectivity index (χ4n) is 1.31. The summed E-state index contributed by atoms with van der Waals surface area (Å²) in [5.74, 6) is -0.0685. The lowest BCUT2D eigenvalue weighted by atomic mass is 10.1. The second-order valence-electron chi connectivity index (χ2n) is 3.11. The van der Waals surface area contributed by atoms with Gasteiger partial charge in [-0.1, -0.05) is 29.3 Å². The fraction of sp³-hybridized carbons (Fsp3) is 0.364. The van der Waals surface area contributed by atoms with Crippen LogP contribution in [0.2, 0.25) is 10.0 Å². The van der Waals surface area contributed by atoms with Crippen LogP contribution in [0.25, 0.3) is 0 Å². The molecule has 0 aromatic heterocycles. The lowest BCUT2D eigenvalue weighted by molar-refractivity contribution is -0.128. The zero-order chi connectivity index (χ0) is 11.4. The van der Waals surface area contributed by atoms with E-state index < -0.39 is 6.10 Å². The van der Waals surface area contributed by atoms with Crippen LogP contribution in [0.1, 0.15) is 25.5 Å². The van der Waals surface area contributed by atoms with Gasteiger partial charge >= 0.3 is 0 Å². The number of halogens is 2. The predicted molar refractivity (Wildman–Crippen MR) is 61.5 cm³/mol. The van der Waals surface area contributed by atoms with Crippen LogP contribution in [0.4, 0.5) is 0 Å². The van der Waals surface area contributed by atoms with Crippen molar-refractivity contribution in [3.63, 3.8) is 0 Å². The molecule has 2 nitrogen and oxygen atoms in total. The molecule has 0 aliphatic carbocycles. The fourth-order valence-corrected chi connectivity index (χ4v) is 1.81. The maximum atomic E-state index is 11.4. The van der Waals surface area contributed by atoms with Crippen LogP contribution >= 0.6 is 23.2 Å². The Bertz CT molecular complexity index is 364. The minimum Gasteiger partial charge on any atom is -0.366 e. The average Bonchev–Trinajstić information content (AvgIpc) is 2.15. The Morgan fingerprint density at radius 3 is 2.60 bits per heavy atom. The summed E-state index contributed by atoms with van der Waals surface area (Å²) in [5.41, 5.74) is 0.662. The van der Waals surface area contributed by atoms with Crippen LogP contribution < -0.4 is 0 Å². The first kappa shape index (κ1) is 12.5. The van der Waals surface area contributed by atoms with E-state index >= 15 is 0 Å². The van der Waals surface area contributed by atoms with Crippen molar-refractivity contribution >= 4 is 29.0 Å². The summed E-state index contributed by atoms with van der Waals surface area (Å²) in [6.07, 6.45) is -0.597. The van der Waals surface area contributed by atoms with Gasteiger partial charge in [-0.15, -0.1) is 0 Å². The predicted octanol–water partition coefficient (Wildman–Crippen LogP) is 3.66. The van der Waals surface area contributed by atoms with Gasteiger partial charge in [0.25, 0.3) is 0 Å². The zero-order valence-corrected chi connectivity index (χ0v) is 10.1. The van der Waals surface area contributed by atoms with Gasteiger partial charge in [0, 0.05) is 22.2 Å². The number of rotatable bonds is 4. The summed E-state index contributed by atoms with van der Waals surface area (Å²) in [4.78, 5) is 11.4. The molecule has 4 heteroatoms. The Labute approximate surface area is 99.1 Å². The lowest BCUT2D eigenvalue weighted by Crippen LogP contribution is -2.13. The van der Waals surface area contributed by atoms with E-state index in [1.807, 2.05) is 6.92 Å². The monoisotopic (exact) mass is 246 g/mol. The number of hydrogen-bond donors (Lipinski definition) is 0. The second kappa shape index (κ2) is 5.50. The molecule has 0 saturated heterocycles. The number of carbonyl (C=O) groups is 1. The second-order valence-corrected chi connectivity index (χ2v) is 3.96. The maximum absolute atomic E-state index is 11.4. The highest BCUT2D eigenvalue weighted by atomic mass is 35.5. The van der Waals surface area contributed by atoms with E-state index in [9.17, 15) is 4.79 Å². The standard InChI is InChI=1S/C11H12Cl2O2/c1-3-15-11(7(2)14)9-5-4-8(12)6-10(9)13/h4-6,11H,3H2,1-2H3. The number of benzene rings is 1. The van der Waals surface area contributed by atoms with E-state index in [2.05, 4.69) is 0 Å². The Morgan fingerprint density at radius 1 is 1.47 bits per heavy atom. The third-order valence-electron chi connectivity index (χ3n) is 1.95. The molecule has 0 N–H and O–H groups in total. The molecule has 0 bridgehead atoms. The van der Waals surface area contributed by atoms with Gasteiger partial charge < -0.3 is 4.74 Å². The van der Waals surface area contributed by atoms with Gasteiger partial charge in [-0.3, -0.25) is 4.79 Å². The van der Waals surface area contributed by atoms with Crippen molar-refractivity contribution in [2.75, 3.05) is 6.61 Å². The van der Waals surface area contributed by atoms with Crippen molar-refractivity contribution in [1.29, 1.82) is 0 Å². The van der Waals surface area contributed by atoms with Crippen molar-refractivity contribution in [2.45, 2.75) is 20.0 Å². The summed E-state index contributed by atoms with van der Waals surface area (Å²) in [5, 5.41) is 0.999. The minimum absolute atomic E-state index is 0.0685. The zero-order valence-electron chi connectivity index (χ0n) is 8.59. The molecule has 0 fully saturated rings. The molecule has 1 unspecified atom stereocenters. The summed E-state index contributed by atoms with van der Waals surface area (Å²) in [6, 6.07) is 5.01. The summed E-state index contributed by atoms with van der Waals surface area (Å²) in [7, 11) is 0. The van der Waals surface area contributed by atoms with Gasteiger partial charge in [0.1, 0.15) is 6.10 Å². The topological polar surface area (TPSA) is 26.3 Å². The number of hydrogen-bond acceptors (Lipinski definition) is 2. The normalized spacial score (nSPS) is 12.5. The third kappa shape index (κ3) is 3.20. The van der Waals surface area contributed by atoms with Crippen molar-refractivity contribution < 1.29 is 9.53 Å². The molecule has 0 saturated carbocycles. The third-order valence-corrected chi connectivity index (χ3v) is 2.51. The van der Waals surface area contributed by atoms with E-state index in [0.717, 1.165) is 0 Å². The van der Waals surface area contributed by atoms with Gasteiger partial charge in [0.2, 0.25) is 0 Å². The molecule has 0 radical (unpaired) electrons. The number of ether oxygens (including phenoxy) is 1. The first-order valence-electron chi connectivity index (χ1n) is 4.63. The van der Waals surface area contributed by atoms with Gasteiger partial charge in [-0.05, 0) is 26.0 Å². The highest BCUT2D eigenvalue weighted by Gasteiger charge is 2.19. The average molecular weight is 247 g/mol. The van der Waals surface area contributed by atoms with E-state index in [1.54, 1.807) is 18.2 Å². The Morgan fingerprint density at radius 2 is 2.13 bits per heavy atom. The van der Waals surface area contributed by atoms with Crippen LogP contribution in [0.3, 0.4) is 0 Å². The minimum atomic E-state index is -0.597. The molecule has 1 aromatic carbocycles. The molecule has 0 spiro atoms. The first-order chi connectivity index (χ1) is 7.06. The smallest absolute Gasteiger partial charge is 0.163 e. The van der Waals surface area contributed by atoms with Crippen LogP contribution in [-0.2, 0) is 9.53 Å². The van der Waals surface area contributed by atoms with Crippen LogP contribution in [0.5, 0.6) is 0 Å².